The fourth-order valence-corrected chi connectivity index (χ4v) is 2.13. The Morgan fingerprint density at radius 2 is 2.29 bits per heavy atom. The van der Waals surface area contributed by atoms with Crippen LogP contribution >= 0.6 is 11.6 Å². The first kappa shape index (κ1) is 15.1. The highest BCUT2D eigenvalue weighted by atomic mass is 35.5. The van der Waals surface area contributed by atoms with E-state index in [-0.39, 0.29) is 12.5 Å². The molecule has 0 bridgehead atoms. The molecule has 2 aromatic rings. The molecule has 0 aliphatic heterocycles. The zero-order chi connectivity index (χ0) is 15.2. The molecule has 0 fully saturated rings. The van der Waals surface area contributed by atoms with Crippen molar-refractivity contribution in [1.82, 2.24) is 0 Å². The third kappa shape index (κ3) is 4.35. The number of hydrogen-bond donors (Lipinski definition) is 2. The van der Waals surface area contributed by atoms with Crippen molar-refractivity contribution in [2.24, 2.45) is 0 Å². The van der Waals surface area contributed by atoms with Crippen LogP contribution in [0.4, 0.5) is 5.69 Å². The summed E-state index contributed by atoms with van der Waals surface area (Å²) < 4.78 is 5.24. The molecule has 6 heteroatoms. The van der Waals surface area contributed by atoms with Crippen LogP contribution in [0.25, 0.3) is 0 Å². The Balaban J connectivity index is 1.95. The van der Waals surface area contributed by atoms with Gasteiger partial charge in [0.2, 0.25) is 0 Å². The van der Waals surface area contributed by atoms with Crippen LogP contribution in [-0.4, -0.2) is 19.5 Å². The van der Waals surface area contributed by atoms with Gasteiger partial charge in [0.1, 0.15) is 12.6 Å². The molecule has 0 spiro atoms. The number of likely N-dealkylation sites (N-methyl/N-ethyl adjacent to an activating group) is 1. The summed E-state index contributed by atoms with van der Waals surface area (Å²) in [5.41, 5.74) is 0.817. The molecule has 0 aliphatic rings. The van der Waals surface area contributed by atoms with Gasteiger partial charge >= 0.3 is 0 Å². The fourth-order valence-electron chi connectivity index (χ4n) is 1.96. The average molecular weight is 305 g/mol. The quantitative estimate of drug-likeness (QED) is 0.878. The maximum Gasteiger partial charge on any atom is 0.279 e. The van der Waals surface area contributed by atoms with Crippen LogP contribution in [0.1, 0.15) is 11.3 Å². The number of amides is 1. The molecule has 2 N–H and O–H groups in total. The van der Waals surface area contributed by atoms with E-state index in [1.165, 1.54) is 0 Å². The molecule has 1 unspecified atom stereocenters. The molecule has 1 atom stereocenters. The summed E-state index contributed by atoms with van der Waals surface area (Å²) in [6.45, 7) is 0.874. The number of nitrogens with zero attached hydrogens (tertiary/aromatic N) is 1. The number of nitrogens with one attached hydrogen (secondary N) is 2. The number of hydrogen-bond acceptors (Lipinski definition) is 3. The van der Waals surface area contributed by atoms with Crippen molar-refractivity contribution in [3.05, 3.63) is 52.9 Å². The van der Waals surface area contributed by atoms with E-state index in [9.17, 15) is 4.79 Å². The highest BCUT2D eigenvalue weighted by Gasteiger charge is 2.13. The zero-order valence-corrected chi connectivity index (χ0v) is 12.3. The van der Waals surface area contributed by atoms with Gasteiger partial charge in [-0.05, 0) is 30.3 Å². The fraction of sp³-hybridized carbons (Fsp3) is 0.200. The Morgan fingerprint density at radius 3 is 2.95 bits per heavy atom. The second-order valence-electron chi connectivity index (χ2n) is 4.74. The molecule has 0 aliphatic carbocycles. The summed E-state index contributed by atoms with van der Waals surface area (Å²) in [6, 6.07) is 10.5. The second-order valence-corrected chi connectivity index (χ2v) is 5.18. The molecule has 1 aromatic heterocycles. The van der Waals surface area contributed by atoms with Gasteiger partial charge in [-0.15, -0.1) is 0 Å². The lowest BCUT2D eigenvalue weighted by molar-refractivity contribution is -0.886. The van der Waals surface area contributed by atoms with Crippen LogP contribution < -0.4 is 10.2 Å². The first-order valence-electron chi connectivity index (χ1n) is 6.41. The molecular formula is C15H15ClN3O2+. The van der Waals surface area contributed by atoms with Crippen LogP contribution in [-0.2, 0) is 11.3 Å². The van der Waals surface area contributed by atoms with Crippen molar-refractivity contribution in [3.63, 3.8) is 0 Å². The highest BCUT2D eigenvalue weighted by molar-refractivity contribution is 6.31. The van der Waals surface area contributed by atoms with Crippen molar-refractivity contribution in [3.8, 4) is 6.07 Å². The number of carbonyl (C=O) groups is 1. The summed E-state index contributed by atoms with van der Waals surface area (Å²) in [5, 5.41) is 12.2. The minimum Gasteiger partial charge on any atom is -0.463 e. The largest absolute Gasteiger partial charge is 0.463 e. The van der Waals surface area contributed by atoms with Crippen molar-refractivity contribution >= 4 is 23.2 Å². The number of quaternary nitrogens is 1. The van der Waals surface area contributed by atoms with Gasteiger partial charge in [-0.25, -0.2) is 0 Å². The van der Waals surface area contributed by atoms with Gasteiger partial charge in [0, 0.05) is 5.02 Å². The lowest BCUT2D eigenvalue weighted by atomic mass is 10.2. The SMILES string of the molecule is C[NH+](CC(=O)Nc1cc(Cl)ccc1C#N)Cc1ccco1. The minimum absolute atomic E-state index is 0.183. The second kappa shape index (κ2) is 6.93. The van der Waals surface area contributed by atoms with E-state index in [2.05, 4.69) is 5.32 Å². The maximum absolute atomic E-state index is 12.0. The molecule has 1 aromatic carbocycles. The number of furan rings is 1. The van der Waals surface area contributed by atoms with E-state index in [1.807, 2.05) is 25.2 Å². The minimum atomic E-state index is -0.183. The van der Waals surface area contributed by atoms with Gasteiger partial charge < -0.3 is 14.6 Å². The molecule has 0 radical (unpaired) electrons. The molecule has 0 saturated heterocycles. The van der Waals surface area contributed by atoms with Crippen LogP contribution in [0, 0.1) is 11.3 Å². The van der Waals surface area contributed by atoms with Gasteiger partial charge in [0.25, 0.3) is 5.91 Å². The van der Waals surface area contributed by atoms with Gasteiger partial charge in [0.15, 0.2) is 12.3 Å². The molecule has 21 heavy (non-hydrogen) atoms. The third-order valence-electron chi connectivity index (χ3n) is 2.89. The molecule has 0 saturated carbocycles. The molecular weight excluding hydrogens is 290 g/mol. The summed E-state index contributed by atoms with van der Waals surface area (Å²) in [6.07, 6.45) is 1.61. The molecule has 2 rings (SSSR count). The molecule has 5 nitrogen and oxygen atoms in total. The van der Waals surface area contributed by atoms with E-state index in [4.69, 9.17) is 21.3 Å². The van der Waals surface area contributed by atoms with E-state index in [0.29, 0.717) is 22.8 Å². The first-order chi connectivity index (χ1) is 10.1. The predicted molar refractivity (Wildman–Crippen MR) is 79.0 cm³/mol. The first-order valence-corrected chi connectivity index (χ1v) is 6.79. The highest BCUT2D eigenvalue weighted by Crippen LogP contribution is 2.20. The lowest BCUT2D eigenvalue weighted by Gasteiger charge is -2.13. The van der Waals surface area contributed by atoms with E-state index < -0.39 is 0 Å². The van der Waals surface area contributed by atoms with Gasteiger partial charge in [-0.3, -0.25) is 4.79 Å². The van der Waals surface area contributed by atoms with Crippen LogP contribution in [0.5, 0.6) is 0 Å². The number of carbonyl (C=O) groups excluding carboxylic acids is 1. The Bertz CT molecular complexity index is 662. The summed E-state index contributed by atoms with van der Waals surface area (Å²) >= 11 is 5.88. The average Bonchev–Trinajstić information content (AvgIpc) is 2.91. The van der Waals surface area contributed by atoms with E-state index in [1.54, 1.807) is 24.5 Å². The number of benzene rings is 1. The molecule has 108 valence electrons. The summed E-state index contributed by atoms with van der Waals surface area (Å²) in [7, 11) is 1.89. The zero-order valence-electron chi connectivity index (χ0n) is 11.5. The number of halogens is 1. The van der Waals surface area contributed by atoms with Gasteiger partial charge in [0.05, 0.1) is 24.6 Å². The van der Waals surface area contributed by atoms with Gasteiger partial charge in [-0.2, -0.15) is 5.26 Å². The topological polar surface area (TPSA) is 70.5 Å². The normalized spacial score (nSPS) is 11.7. The number of anilines is 1. The van der Waals surface area contributed by atoms with Crippen molar-refractivity contribution in [2.45, 2.75) is 6.54 Å². The van der Waals surface area contributed by atoms with E-state index in [0.717, 1.165) is 10.7 Å². The third-order valence-corrected chi connectivity index (χ3v) is 3.13. The Hall–Kier alpha value is -2.29. The summed E-state index contributed by atoms with van der Waals surface area (Å²) in [4.78, 5) is 13.0. The van der Waals surface area contributed by atoms with Crippen molar-refractivity contribution < 1.29 is 14.1 Å². The Labute approximate surface area is 127 Å². The smallest absolute Gasteiger partial charge is 0.279 e. The number of nitriles is 1. The summed E-state index contributed by atoms with van der Waals surface area (Å²) in [5.74, 6) is 0.638. The van der Waals surface area contributed by atoms with Crippen LogP contribution in [0.2, 0.25) is 5.02 Å². The maximum atomic E-state index is 12.0. The van der Waals surface area contributed by atoms with E-state index >= 15 is 0 Å². The predicted octanol–water partition coefficient (Wildman–Crippen LogP) is 1.46. The monoisotopic (exact) mass is 304 g/mol. The van der Waals surface area contributed by atoms with Gasteiger partial charge in [-0.1, -0.05) is 11.6 Å². The van der Waals surface area contributed by atoms with Crippen molar-refractivity contribution in [2.75, 3.05) is 18.9 Å². The standard InChI is InChI=1S/C15H14ClN3O2/c1-19(9-13-3-2-6-21-13)10-15(20)18-14-7-12(16)5-4-11(14)8-17/h2-7H,9-10H2,1H3,(H,18,20)/p+1. The Kier molecular flexibility index (Phi) is 4.99. The molecule has 1 heterocycles. The molecule has 1 amide bonds. The Morgan fingerprint density at radius 1 is 1.48 bits per heavy atom. The van der Waals surface area contributed by atoms with Crippen LogP contribution in [0.3, 0.4) is 0 Å². The number of rotatable bonds is 5. The van der Waals surface area contributed by atoms with Crippen LogP contribution in [0.15, 0.2) is 41.0 Å². The van der Waals surface area contributed by atoms with Crippen molar-refractivity contribution in [1.29, 1.82) is 5.26 Å². The lowest BCUT2D eigenvalue weighted by Crippen LogP contribution is -3.08.